The summed E-state index contributed by atoms with van der Waals surface area (Å²) in [6.45, 7) is 1.97. The largest absolute Gasteiger partial charge is 0.348 e. The van der Waals surface area contributed by atoms with Gasteiger partial charge in [0.25, 0.3) is 11.5 Å². The van der Waals surface area contributed by atoms with Crippen LogP contribution in [0.1, 0.15) is 40.7 Å². The number of aromatic nitrogens is 1. The van der Waals surface area contributed by atoms with Crippen LogP contribution in [0.25, 0.3) is 0 Å². The van der Waals surface area contributed by atoms with Gasteiger partial charge in [-0.1, -0.05) is 0 Å². The van der Waals surface area contributed by atoms with Crippen molar-refractivity contribution >= 4 is 35.0 Å². The van der Waals surface area contributed by atoms with Crippen LogP contribution >= 0.6 is 0 Å². The molecule has 188 valence electrons. The highest BCUT2D eigenvalue weighted by atomic mass is 16.2. The van der Waals surface area contributed by atoms with Gasteiger partial charge in [-0.3, -0.25) is 24.0 Å². The van der Waals surface area contributed by atoms with Crippen molar-refractivity contribution in [2.75, 3.05) is 36.4 Å². The number of benzene rings is 1. The molecule has 36 heavy (non-hydrogen) atoms. The molecule has 0 spiro atoms. The molecule has 0 unspecified atom stereocenters. The first-order chi connectivity index (χ1) is 17.3. The van der Waals surface area contributed by atoms with Gasteiger partial charge < -0.3 is 25.0 Å². The Morgan fingerprint density at radius 3 is 2.44 bits per heavy atom. The Kier molecular flexibility index (Phi) is 6.34. The summed E-state index contributed by atoms with van der Waals surface area (Å²) in [4.78, 5) is 65.5. The highest BCUT2D eigenvalue weighted by Crippen LogP contribution is 2.38. The Hall–Kier alpha value is -3.95. The first-order valence-corrected chi connectivity index (χ1v) is 12.3. The Bertz CT molecular complexity index is 1310. The summed E-state index contributed by atoms with van der Waals surface area (Å²) in [5, 5.41) is 5.40. The molecule has 3 aliphatic heterocycles. The molecule has 1 aromatic heterocycles. The molecule has 5 rings (SSSR count). The van der Waals surface area contributed by atoms with Crippen molar-refractivity contribution in [2.24, 2.45) is 13.0 Å². The number of amides is 4. The maximum absolute atomic E-state index is 12.7. The summed E-state index contributed by atoms with van der Waals surface area (Å²) >= 11 is 0. The molecule has 2 aromatic rings. The average Bonchev–Trinajstić information content (AvgIpc) is 3.31. The van der Waals surface area contributed by atoms with Crippen molar-refractivity contribution in [3.05, 3.63) is 57.5 Å². The van der Waals surface area contributed by atoms with Crippen LogP contribution in [0.15, 0.2) is 35.3 Å². The number of pyridine rings is 1. The zero-order valence-corrected chi connectivity index (χ0v) is 20.2. The molecule has 1 saturated heterocycles. The van der Waals surface area contributed by atoms with E-state index < -0.39 is 11.8 Å². The number of carbonyl (C=O) groups is 4. The summed E-state index contributed by atoms with van der Waals surface area (Å²) in [6, 6.07) is 6.91. The maximum atomic E-state index is 12.7. The second-order valence-corrected chi connectivity index (χ2v) is 9.68. The number of hydrogen-bond acceptors (Lipinski definition) is 5. The lowest BCUT2D eigenvalue weighted by molar-refractivity contribution is -0.136. The molecule has 1 fully saturated rings. The fraction of sp³-hybridized carbons (Fsp3) is 0.423. The molecule has 10 heteroatoms. The predicted octanol–water partition coefficient (Wildman–Crippen LogP) is 0.828. The zero-order chi connectivity index (χ0) is 25.4. The van der Waals surface area contributed by atoms with Gasteiger partial charge >= 0.3 is 11.8 Å². The van der Waals surface area contributed by atoms with Gasteiger partial charge in [0.15, 0.2) is 0 Å². The number of piperidine rings is 1. The van der Waals surface area contributed by atoms with Crippen molar-refractivity contribution in [1.29, 1.82) is 0 Å². The second-order valence-electron chi connectivity index (χ2n) is 9.68. The number of likely N-dealkylation sites (tertiary alicyclic amines) is 1. The number of rotatable bonds is 4. The summed E-state index contributed by atoms with van der Waals surface area (Å²) in [7, 11) is 1.61. The topological polar surface area (TPSA) is 121 Å². The van der Waals surface area contributed by atoms with Crippen LogP contribution in [0.4, 0.5) is 11.4 Å². The summed E-state index contributed by atoms with van der Waals surface area (Å²) < 4.78 is 1.38. The number of carbonyl (C=O) groups excluding carboxylic acids is 4. The average molecular weight is 492 g/mol. The van der Waals surface area contributed by atoms with Gasteiger partial charge in [0.1, 0.15) is 5.56 Å². The lowest BCUT2D eigenvalue weighted by atomic mass is 9.96. The highest BCUT2D eigenvalue weighted by Gasteiger charge is 2.32. The van der Waals surface area contributed by atoms with Crippen LogP contribution in [0, 0.1) is 5.92 Å². The fourth-order valence-corrected chi connectivity index (χ4v) is 5.31. The number of nitrogens with zero attached hydrogens (tertiary/aromatic N) is 3. The molecule has 1 aromatic carbocycles. The smallest absolute Gasteiger partial charge is 0.313 e. The standard InChI is InChI=1S/C26H29N5O5/c1-29-9-2-3-20(25(29)35)26(36)30-10-6-16(7-11-30)15-27-23(33)24(34)28-19-13-17-4-5-21(32)31-12-8-18(14-19)22(17)31/h2-3,9,13-14,16H,4-8,10-12,15H2,1H3,(H,27,33)(H,28,34). The van der Waals surface area contributed by atoms with Crippen LogP contribution in [0.5, 0.6) is 0 Å². The Labute approximate surface area is 208 Å². The molecular weight excluding hydrogens is 462 g/mol. The van der Waals surface area contributed by atoms with E-state index in [2.05, 4.69) is 10.6 Å². The Morgan fingerprint density at radius 2 is 1.69 bits per heavy atom. The summed E-state index contributed by atoms with van der Waals surface area (Å²) in [6.07, 6.45) is 4.78. The van der Waals surface area contributed by atoms with Gasteiger partial charge in [-0.05, 0) is 67.0 Å². The third-order valence-electron chi connectivity index (χ3n) is 7.32. The Morgan fingerprint density at radius 1 is 0.972 bits per heavy atom. The van der Waals surface area contributed by atoms with Crippen LogP contribution in [-0.2, 0) is 34.3 Å². The van der Waals surface area contributed by atoms with Crippen LogP contribution in [0.3, 0.4) is 0 Å². The van der Waals surface area contributed by atoms with Crippen molar-refractivity contribution in [1.82, 2.24) is 14.8 Å². The molecule has 4 heterocycles. The van der Waals surface area contributed by atoms with Crippen molar-refractivity contribution in [2.45, 2.75) is 32.1 Å². The first-order valence-electron chi connectivity index (χ1n) is 12.3. The zero-order valence-electron chi connectivity index (χ0n) is 20.2. The van der Waals surface area contributed by atoms with Crippen LogP contribution < -0.4 is 21.1 Å². The minimum atomic E-state index is -0.726. The third kappa shape index (κ3) is 4.50. The number of aryl methyl sites for hydroxylation is 2. The molecule has 0 aliphatic carbocycles. The van der Waals surface area contributed by atoms with E-state index in [1.807, 2.05) is 17.0 Å². The number of nitrogens with one attached hydrogen (secondary N) is 2. The molecule has 4 amide bonds. The van der Waals surface area contributed by atoms with E-state index in [9.17, 15) is 24.0 Å². The van der Waals surface area contributed by atoms with E-state index in [4.69, 9.17) is 0 Å². The first kappa shape index (κ1) is 23.8. The molecule has 0 saturated carbocycles. The van der Waals surface area contributed by atoms with E-state index in [1.165, 1.54) is 4.57 Å². The molecule has 0 atom stereocenters. The lowest BCUT2D eigenvalue weighted by Gasteiger charge is -2.32. The van der Waals surface area contributed by atoms with E-state index in [-0.39, 0.29) is 28.9 Å². The minimum absolute atomic E-state index is 0.136. The predicted molar refractivity (Wildman–Crippen MR) is 133 cm³/mol. The van der Waals surface area contributed by atoms with Gasteiger partial charge in [-0.25, -0.2) is 0 Å². The van der Waals surface area contributed by atoms with Crippen molar-refractivity contribution in [3.8, 4) is 0 Å². The third-order valence-corrected chi connectivity index (χ3v) is 7.32. The van der Waals surface area contributed by atoms with E-state index in [0.717, 1.165) is 23.2 Å². The van der Waals surface area contributed by atoms with Crippen LogP contribution in [-0.4, -0.2) is 59.3 Å². The fourth-order valence-electron chi connectivity index (χ4n) is 5.31. The number of anilines is 2. The summed E-state index contributed by atoms with van der Waals surface area (Å²) in [5.74, 6) is -1.43. The molecule has 3 aliphatic rings. The molecule has 0 bridgehead atoms. The molecule has 2 N–H and O–H groups in total. The van der Waals surface area contributed by atoms with Gasteiger partial charge in [0, 0.05) is 51.5 Å². The van der Waals surface area contributed by atoms with E-state index >= 15 is 0 Å². The quantitative estimate of drug-likeness (QED) is 0.614. The SMILES string of the molecule is Cn1cccc(C(=O)N2CCC(CNC(=O)C(=O)Nc3cc4c5c(c3)CCN5C(=O)CC4)CC2)c1=O. The minimum Gasteiger partial charge on any atom is -0.348 e. The van der Waals surface area contributed by atoms with E-state index in [0.29, 0.717) is 57.5 Å². The van der Waals surface area contributed by atoms with Crippen molar-refractivity contribution < 1.29 is 19.2 Å². The van der Waals surface area contributed by atoms with Gasteiger partial charge in [-0.2, -0.15) is 0 Å². The summed E-state index contributed by atoms with van der Waals surface area (Å²) in [5.41, 5.74) is 3.41. The Balaban J connectivity index is 1.11. The van der Waals surface area contributed by atoms with Gasteiger partial charge in [-0.15, -0.1) is 0 Å². The monoisotopic (exact) mass is 491 g/mol. The molecule has 0 radical (unpaired) electrons. The van der Waals surface area contributed by atoms with Crippen LogP contribution in [0.2, 0.25) is 0 Å². The van der Waals surface area contributed by atoms with Crippen molar-refractivity contribution in [3.63, 3.8) is 0 Å². The second kappa shape index (κ2) is 9.60. The van der Waals surface area contributed by atoms with Gasteiger partial charge in [0.2, 0.25) is 5.91 Å². The maximum Gasteiger partial charge on any atom is 0.313 e. The highest BCUT2D eigenvalue weighted by molar-refractivity contribution is 6.39. The number of hydrogen-bond donors (Lipinski definition) is 2. The lowest BCUT2D eigenvalue weighted by Crippen LogP contribution is -2.44. The van der Waals surface area contributed by atoms with E-state index in [1.54, 1.807) is 30.3 Å². The normalized spacial score (nSPS) is 17.1. The molecular formula is C26H29N5O5. The molecule has 10 nitrogen and oxygen atoms in total. The van der Waals surface area contributed by atoms with Gasteiger partial charge in [0.05, 0.1) is 5.69 Å².